The Labute approximate surface area is 185 Å². The van der Waals surface area contributed by atoms with Crippen molar-refractivity contribution in [2.24, 2.45) is 7.05 Å². The lowest BCUT2D eigenvalue weighted by molar-refractivity contribution is 0.0726. The first-order chi connectivity index (χ1) is 14.9. The Hall–Kier alpha value is -2.91. The number of benzene rings is 1. The van der Waals surface area contributed by atoms with Crippen LogP contribution in [0.2, 0.25) is 10.0 Å². The van der Waals surface area contributed by atoms with E-state index in [0.29, 0.717) is 35.6 Å². The number of amides is 1. The number of imidazole rings is 1. The zero-order valence-electron chi connectivity index (χ0n) is 16.5. The molecule has 1 aromatic carbocycles. The molecule has 0 N–H and O–H groups in total. The molecule has 31 heavy (non-hydrogen) atoms. The van der Waals surface area contributed by atoms with Gasteiger partial charge < -0.3 is 9.47 Å². The molecule has 0 saturated heterocycles. The second-order valence-corrected chi connectivity index (χ2v) is 8.91. The van der Waals surface area contributed by atoms with E-state index in [4.69, 9.17) is 23.2 Å². The largest absolute Gasteiger partial charge is 0.352 e. The van der Waals surface area contributed by atoms with Gasteiger partial charge in [-0.05, 0) is 37.0 Å². The summed E-state index contributed by atoms with van der Waals surface area (Å²) in [6.07, 6.45) is 4.19. The van der Waals surface area contributed by atoms with Gasteiger partial charge in [-0.2, -0.15) is 4.68 Å². The zero-order valence-corrected chi connectivity index (χ0v) is 18.1. The minimum absolute atomic E-state index is 0.129. The highest BCUT2D eigenvalue weighted by molar-refractivity contribution is 6.38. The Morgan fingerprint density at radius 2 is 2.03 bits per heavy atom. The normalized spacial score (nSPS) is 16.3. The van der Waals surface area contributed by atoms with Gasteiger partial charge >= 0.3 is 5.69 Å². The van der Waals surface area contributed by atoms with Crippen molar-refractivity contribution in [2.45, 2.75) is 31.8 Å². The number of carbonyl (C=O) groups excluding carboxylic acids is 1. The highest BCUT2D eigenvalue weighted by Gasteiger charge is 2.35. The lowest BCUT2D eigenvalue weighted by atomic mass is 10.0. The van der Waals surface area contributed by atoms with E-state index in [9.17, 15) is 9.59 Å². The molecule has 9 nitrogen and oxygen atoms in total. The molecule has 6 rings (SSSR count). The van der Waals surface area contributed by atoms with E-state index in [2.05, 4.69) is 19.9 Å². The zero-order chi connectivity index (χ0) is 21.4. The second-order valence-electron chi connectivity index (χ2n) is 8.07. The molecule has 4 heterocycles. The monoisotopic (exact) mass is 457 g/mol. The van der Waals surface area contributed by atoms with Gasteiger partial charge in [0.05, 0.1) is 17.1 Å². The molecule has 2 aliphatic rings. The van der Waals surface area contributed by atoms with Gasteiger partial charge in [0.1, 0.15) is 6.33 Å². The van der Waals surface area contributed by atoms with E-state index < -0.39 is 5.69 Å². The smallest absolute Gasteiger partial charge is 0.338 e. The number of fused-ring (bicyclic) bond motifs is 4. The summed E-state index contributed by atoms with van der Waals surface area (Å²) in [5, 5.41) is 10.1. The molecule has 3 aromatic heterocycles. The quantitative estimate of drug-likeness (QED) is 0.461. The summed E-state index contributed by atoms with van der Waals surface area (Å²) in [6.45, 7) is 0.960. The minimum Gasteiger partial charge on any atom is -0.338 e. The maximum atomic E-state index is 13.3. The molecule has 0 radical (unpaired) electrons. The number of hydrogen-bond acceptors (Lipinski definition) is 5. The van der Waals surface area contributed by atoms with E-state index in [1.165, 1.54) is 23.3 Å². The van der Waals surface area contributed by atoms with E-state index >= 15 is 0 Å². The summed E-state index contributed by atoms with van der Waals surface area (Å²) in [6, 6.07) is 4.13. The summed E-state index contributed by atoms with van der Waals surface area (Å²) < 4.78 is 4.61. The molecule has 11 heteroatoms. The van der Waals surface area contributed by atoms with Crippen LogP contribution in [0.15, 0.2) is 23.3 Å². The predicted octanol–water partition coefficient (Wildman–Crippen LogP) is 2.62. The van der Waals surface area contributed by atoms with Crippen molar-refractivity contribution in [1.82, 2.24) is 33.8 Å². The standard InChI is InChI=1S/C20H17Cl2N7O2/c1-26-20(31)28-9-23-16(18(28)24-25-26)19(30)27-5-4-12-13-6-10(21)7-14(22)17(13)29(11-2-3-11)15(12)8-27/h6-7,9,11H,2-5,8H2,1H3. The topological polar surface area (TPSA) is 90.3 Å². The summed E-state index contributed by atoms with van der Waals surface area (Å²) in [5.74, 6) is -0.271. The number of nitrogens with zero attached hydrogens (tertiary/aromatic N) is 7. The molecular weight excluding hydrogens is 441 g/mol. The maximum Gasteiger partial charge on any atom is 0.352 e. The maximum absolute atomic E-state index is 13.3. The highest BCUT2D eigenvalue weighted by Crippen LogP contribution is 2.45. The Balaban J connectivity index is 1.44. The minimum atomic E-state index is -0.405. The lowest BCUT2D eigenvalue weighted by Gasteiger charge is -2.28. The van der Waals surface area contributed by atoms with Gasteiger partial charge in [0, 0.05) is 35.7 Å². The molecule has 1 aliphatic heterocycles. The lowest BCUT2D eigenvalue weighted by Crippen LogP contribution is -2.37. The number of carbonyl (C=O) groups is 1. The number of aryl methyl sites for hydroxylation is 1. The van der Waals surface area contributed by atoms with Gasteiger partial charge in [-0.3, -0.25) is 4.79 Å². The van der Waals surface area contributed by atoms with Crippen LogP contribution in [0, 0.1) is 0 Å². The third-order valence-corrected chi connectivity index (χ3v) is 6.61. The van der Waals surface area contributed by atoms with E-state index in [1.807, 2.05) is 6.07 Å². The van der Waals surface area contributed by atoms with Crippen molar-refractivity contribution in [3.8, 4) is 0 Å². The summed E-state index contributed by atoms with van der Waals surface area (Å²) in [5.41, 5.74) is 3.17. The van der Waals surface area contributed by atoms with Crippen LogP contribution in [-0.4, -0.2) is 46.3 Å². The van der Waals surface area contributed by atoms with Crippen molar-refractivity contribution in [3.05, 3.63) is 55.9 Å². The fourth-order valence-electron chi connectivity index (χ4n) is 4.52. The first-order valence-corrected chi connectivity index (χ1v) is 10.8. The number of hydrogen-bond donors (Lipinski definition) is 0. The van der Waals surface area contributed by atoms with Crippen LogP contribution >= 0.6 is 23.2 Å². The Morgan fingerprint density at radius 3 is 2.81 bits per heavy atom. The SMILES string of the molecule is Cn1nnc2c(C(=O)N3CCc4c(n(C5CC5)c5c(Cl)cc(Cl)cc45)C3)ncn2c1=O. The van der Waals surface area contributed by atoms with Gasteiger partial charge in [-0.25, -0.2) is 14.2 Å². The third-order valence-electron chi connectivity index (χ3n) is 6.11. The molecule has 4 aromatic rings. The first-order valence-electron chi connectivity index (χ1n) is 10.0. The van der Waals surface area contributed by atoms with Crippen LogP contribution in [-0.2, 0) is 20.0 Å². The van der Waals surface area contributed by atoms with Crippen LogP contribution in [0.25, 0.3) is 16.6 Å². The van der Waals surface area contributed by atoms with Crippen molar-refractivity contribution >= 4 is 45.7 Å². The first kappa shape index (κ1) is 18.8. The average molecular weight is 458 g/mol. The molecule has 0 atom stereocenters. The van der Waals surface area contributed by atoms with Crippen molar-refractivity contribution in [3.63, 3.8) is 0 Å². The van der Waals surface area contributed by atoms with Gasteiger partial charge in [0.25, 0.3) is 5.91 Å². The van der Waals surface area contributed by atoms with E-state index in [0.717, 1.165) is 34.1 Å². The molecule has 1 fully saturated rings. The van der Waals surface area contributed by atoms with Gasteiger partial charge in [0.15, 0.2) is 11.3 Å². The van der Waals surface area contributed by atoms with E-state index in [1.54, 1.807) is 11.0 Å². The molecule has 1 aliphatic carbocycles. The van der Waals surface area contributed by atoms with Gasteiger partial charge in [0.2, 0.25) is 0 Å². The van der Waals surface area contributed by atoms with Gasteiger partial charge in [-0.1, -0.05) is 28.4 Å². The highest BCUT2D eigenvalue weighted by atomic mass is 35.5. The molecule has 0 spiro atoms. The molecule has 0 unspecified atom stereocenters. The number of rotatable bonds is 2. The van der Waals surface area contributed by atoms with Crippen LogP contribution in [0.1, 0.15) is 40.6 Å². The van der Waals surface area contributed by atoms with E-state index in [-0.39, 0.29) is 17.2 Å². The molecule has 1 amide bonds. The van der Waals surface area contributed by atoms with Crippen LogP contribution in [0.4, 0.5) is 0 Å². The number of halogens is 2. The molecule has 158 valence electrons. The predicted molar refractivity (Wildman–Crippen MR) is 115 cm³/mol. The summed E-state index contributed by atoms with van der Waals surface area (Å²) in [4.78, 5) is 31.5. The molecule has 0 bridgehead atoms. The fraction of sp³-hybridized carbons (Fsp3) is 0.350. The summed E-state index contributed by atoms with van der Waals surface area (Å²) >= 11 is 12.9. The van der Waals surface area contributed by atoms with Crippen molar-refractivity contribution in [2.75, 3.05) is 6.54 Å². The molecular formula is C20H17Cl2N7O2. The third kappa shape index (κ3) is 2.73. The van der Waals surface area contributed by atoms with Crippen molar-refractivity contribution < 1.29 is 4.79 Å². The second kappa shape index (κ2) is 6.54. The summed E-state index contributed by atoms with van der Waals surface area (Å²) in [7, 11) is 1.50. The number of aromatic nitrogens is 6. The molecule has 1 saturated carbocycles. The average Bonchev–Trinajstić information content (AvgIpc) is 3.40. The van der Waals surface area contributed by atoms with Crippen LogP contribution in [0.5, 0.6) is 0 Å². The van der Waals surface area contributed by atoms with Crippen LogP contribution in [0.3, 0.4) is 0 Å². The Bertz CT molecular complexity index is 1460. The van der Waals surface area contributed by atoms with Gasteiger partial charge in [-0.15, -0.1) is 5.10 Å². The Kier molecular flexibility index (Phi) is 3.97. The Morgan fingerprint density at radius 1 is 1.23 bits per heavy atom. The fourth-order valence-corrected chi connectivity index (χ4v) is 5.11. The van der Waals surface area contributed by atoms with Crippen molar-refractivity contribution in [1.29, 1.82) is 0 Å². The van der Waals surface area contributed by atoms with Crippen LogP contribution < -0.4 is 5.69 Å².